The highest BCUT2D eigenvalue weighted by Gasteiger charge is 2.14. The van der Waals surface area contributed by atoms with Gasteiger partial charge in [-0.3, -0.25) is 0 Å². The zero-order valence-corrected chi connectivity index (χ0v) is 12.2. The third-order valence-electron chi connectivity index (χ3n) is 2.94. The number of aromatic nitrogens is 1. The summed E-state index contributed by atoms with van der Waals surface area (Å²) >= 11 is 3.39. The Morgan fingerprint density at radius 2 is 1.89 bits per heavy atom. The molecule has 1 unspecified atom stereocenters. The maximum Gasteiger partial charge on any atom is 0.115 e. The summed E-state index contributed by atoms with van der Waals surface area (Å²) in [4.78, 5) is 7.19. The zero-order chi connectivity index (χ0) is 13.2. The number of nitrogens with zero attached hydrogens (tertiary/aromatic N) is 1. The van der Waals surface area contributed by atoms with Gasteiger partial charge in [0.05, 0.1) is 16.6 Å². The summed E-state index contributed by atoms with van der Waals surface area (Å²) in [6.07, 6.45) is 0. The topological polar surface area (TPSA) is 38.9 Å². The van der Waals surface area contributed by atoms with Crippen LogP contribution >= 0.6 is 22.7 Å². The van der Waals surface area contributed by atoms with Gasteiger partial charge in [-0.25, -0.2) is 4.98 Å². The van der Waals surface area contributed by atoms with Crippen molar-refractivity contribution in [3.8, 4) is 10.6 Å². The van der Waals surface area contributed by atoms with Crippen LogP contribution in [-0.4, -0.2) is 4.98 Å². The lowest BCUT2D eigenvalue weighted by Crippen LogP contribution is -2.11. The monoisotopic (exact) mass is 286 g/mol. The number of hydrogen-bond donors (Lipinski definition) is 1. The van der Waals surface area contributed by atoms with E-state index in [1.54, 1.807) is 22.7 Å². The largest absolute Gasteiger partial charge is 0.318 e. The van der Waals surface area contributed by atoms with Crippen LogP contribution in [0.1, 0.15) is 21.5 Å². The summed E-state index contributed by atoms with van der Waals surface area (Å²) < 4.78 is 0. The normalized spacial score (nSPS) is 12.5. The quantitative estimate of drug-likeness (QED) is 0.782. The molecule has 2 heterocycles. The number of thiophene rings is 1. The molecule has 2 N–H and O–H groups in total. The van der Waals surface area contributed by atoms with Gasteiger partial charge < -0.3 is 5.73 Å². The van der Waals surface area contributed by atoms with Gasteiger partial charge in [-0.15, -0.1) is 22.7 Å². The molecule has 3 rings (SSSR count). The first kappa shape index (κ1) is 12.5. The van der Waals surface area contributed by atoms with Gasteiger partial charge in [0.15, 0.2) is 0 Å². The minimum absolute atomic E-state index is 0.138. The van der Waals surface area contributed by atoms with Gasteiger partial charge in [0, 0.05) is 10.3 Å². The summed E-state index contributed by atoms with van der Waals surface area (Å²) in [5.74, 6) is 0. The van der Waals surface area contributed by atoms with E-state index in [9.17, 15) is 0 Å². The van der Waals surface area contributed by atoms with Gasteiger partial charge >= 0.3 is 0 Å². The minimum Gasteiger partial charge on any atom is -0.318 e. The van der Waals surface area contributed by atoms with Gasteiger partial charge in [-0.1, -0.05) is 30.3 Å². The van der Waals surface area contributed by atoms with Crippen LogP contribution in [0.2, 0.25) is 0 Å². The molecule has 0 aliphatic heterocycles. The molecule has 0 bridgehead atoms. The van der Waals surface area contributed by atoms with Crippen LogP contribution < -0.4 is 5.73 Å². The minimum atomic E-state index is -0.138. The Kier molecular flexibility index (Phi) is 3.46. The number of hydrogen-bond acceptors (Lipinski definition) is 4. The van der Waals surface area contributed by atoms with Crippen molar-refractivity contribution in [2.75, 3.05) is 0 Å². The standard InChI is InChI=1S/C15H14N2S2/c1-10-7-8-13(19-10)12-9-18-15(17-12)14(16)11-5-3-2-4-6-11/h2-9,14H,16H2,1H3. The molecule has 2 nitrogen and oxygen atoms in total. The van der Waals surface area contributed by atoms with Crippen molar-refractivity contribution in [2.24, 2.45) is 5.73 Å². The second kappa shape index (κ2) is 5.25. The van der Waals surface area contributed by atoms with Crippen LogP contribution in [-0.2, 0) is 0 Å². The molecule has 4 heteroatoms. The van der Waals surface area contributed by atoms with E-state index in [2.05, 4.69) is 29.4 Å². The fourth-order valence-electron chi connectivity index (χ4n) is 1.92. The van der Waals surface area contributed by atoms with Gasteiger partial charge in [0.1, 0.15) is 5.01 Å². The average Bonchev–Trinajstić information content (AvgIpc) is 3.07. The van der Waals surface area contributed by atoms with Crippen molar-refractivity contribution < 1.29 is 0 Å². The maximum atomic E-state index is 6.26. The van der Waals surface area contributed by atoms with Gasteiger partial charge in [-0.2, -0.15) is 0 Å². The highest BCUT2D eigenvalue weighted by Crippen LogP contribution is 2.31. The zero-order valence-electron chi connectivity index (χ0n) is 10.5. The second-order valence-corrected chi connectivity index (χ2v) is 6.55. The van der Waals surface area contributed by atoms with Gasteiger partial charge in [0.25, 0.3) is 0 Å². The Labute approximate surface area is 120 Å². The molecule has 2 aromatic heterocycles. The molecule has 0 spiro atoms. The molecular formula is C15H14N2S2. The Hall–Kier alpha value is -1.49. The first-order valence-electron chi connectivity index (χ1n) is 6.07. The lowest BCUT2D eigenvalue weighted by atomic mass is 10.1. The molecule has 1 atom stereocenters. The molecule has 0 saturated carbocycles. The van der Waals surface area contributed by atoms with Crippen molar-refractivity contribution >= 4 is 22.7 Å². The van der Waals surface area contributed by atoms with E-state index in [1.165, 1.54) is 9.75 Å². The smallest absolute Gasteiger partial charge is 0.115 e. The lowest BCUT2D eigenvalue weighted by molar-refractivity contribution is 0.859. The molecule has 1 aromatic carbocycles. The Morgan fingerprint density at radius 1 is 1.11 bits per heavy atom. The highest BCUT2D eigenvalue weighted by atomic mass is 32.1. The Morgan fingerprint density at radius 3 is 2.58 bits per heavy atom. The SMILES string of the molecule is Cc1ccc(-c2csc(C(N)c3ccccc3)n2)s1. The van der Waals surface area contributed by atoms with Crippen molar-refractivity contribution in [1.82, 2.24) is 4.98 Å². The summed E-state index contributed by atoms with van der Waals surface area (Å²) in [5, 5.41) is 3.05. The van der Waals surface area contributed by atoms with Crippen molar-refractivity contribution in [3.63, 3.8) is 0 Å². The molecule has 3 aromatic rings. The average molecular weight is 286 g/mol. The van der Waals surface area contributed by atoms with Crippen molar-refractivity contribution in [3.05, 3.63) is 63.3 Å². The summed E-state index contributed by atoms with van der Waals surface area (Å²) in [6.45, 7) is 2.11. The fourth-order valence-corrected chi connectivity index (χ4v) is 3.67. The summed E-state index contributed by atoms with van der Waals surface area (Å²) in [5.41, 5.74) is 8.40. The Bertz CT molecular complexity index is 670. The van der Waals surface area contributed by atoms with E-state index >= 15 is 0 Å². The molecule has 0 amide bonds. The van der Waals surface area contributed by atoms with E-state index in [4.69, 9.17) is 5.73 Å². The molecule has 0 fully saturated rings. The second-order valence-electron chi connectivity index (χ2n) is 4.37. The van der Waals surface area contributed by atoms with Gasteiger partial charge in [-0.05, 0) is 24.6 Å². The number of benzene rings is 1. The summed E-state index contributed by atoms with van der Waals surface area (Å²) in [7, 11) is 0. The van der Waals surface area contributed by atoms with E-state index in [-0.39, 0.29) is 6.04 Å². The molecule has 19 heavy (non-hydrogen) atoms. The predicted molar refractivity (Wildman–Crippen MR) is 82.6 cm³/mol. The van der Waals surface area contributed by atoms with Gasteiger partial charge in [0.2, 0.25) is 0 Å². The highest BCUT2D eigenvalue weighted by molar-refractivity contribution is 7.16. The van der Waals surface area contributed by atoms with Crippen molar-refractivity contribution in [1.29, 1.82) is 0 Å². The number of thiazole rings is 1. The molecule has 0 aliphatic carbocycles. The molecular weight excluding hydrogens is 272 g/mol. The molecule has 0 saturated heterocycles. The van der Waals surface area contributed by atoms with Crippen LogP contribution in [0.3, 0.4) is 0 Å². The molecule has 0 radical (unpaired) electrons. The summed E-state index contributed by atoms with van der Waals surface area (Å²) in [6, 6.07) is 14.2. The molecule has 0 aliphatic rings. The van der Waals surface area contributed by atoms with Crippen LogP contribution in [0.4, 0.5) is 0 Å². The van der Waals surface area contributed by atoms with E-state index in [0.29, 0.717) is 0 Å². The van der Waals surface area contributed by atoms with Crippen LogP contribution in [0.25, 0.3) is 10.6 Å². The van der Waals surface area contributed by atoms with E-state index in [0.717, 1.165) is 16.3 Å². The lowest BCUT2D eigenvalue weighted by Gasteiger charge is -2.07. The number of rotatable bonds is 3. The van der Waals surface area contributed by atoms with Crippen LogP contribution in [0.5, 0.6) is 0 Å². The maximum absolute atomic E-state index is 6.26. The Balaban J connectivity index is 1.89. The fraction of sp³-hybridized carbons (Fsp3) is 0.133. The first-order valence-corrected chi connectivity index (χ1v) is 7.76. The first-order chi connectivity index (χ1) is 9.24. The molecule has 96 valence electrons. The predicted octanol–water partition coefficient (Wildman–Crippen LogP) is 4.23. The third-order valence-corrected chi connectivity index (χ3v) is 4.89. The van der Waals surface area contributed by atoms with Crippen LogP contribution in [0.15, 0.2) is 47.8 Å². The van der Waals surface area contributed by atoms with Crippen molar-refractivity contribution in [2.45, 2.75) is 13.0 Å². The van der Waals surface area contributed by atoms with E-state index < -0.39 is 0 Å². The van der Waals surface area contributed by atoms with Crippen LogP contribution in [0, 0.1) is 6.92 Å². The number of aryl methyl sites for hydroxylation is 1. The van der Waals surface area contributed by atoms with E-state index in [1.807, 2.05) is 30.3 Å². The number of nitrogens with two attached hydrogens (primary N) is 1. The third kappa shape index (κ3) is 2.61.